The first-order valence-electron chi connectivity index (χ1n) is 6.21. The molecule has 21 heavy (non-hydrogen) atoms. The summed E-state index contributed by atoms with van der Waals surface area (Å²) in [5, 5.41) is 9.22. The molecule has 104 valence electrons. The molecule has 0 aromatic heterocycles. The van der Waals surface area contributed by atoms with Crippen molar-refractivity contribution in [3.05, 3.63) is 68.8 Å². The van der Waals surface area contributed by atoms with Gasteiger partial charge in [-0.05, 0) is 46.4 Å². The number of allylic oxidation sites excluding steroid dienone is 1. The lowest BCUT2D eigenvalue weighted by Gasteiger charge is -2.04. The van der Waals surface area contributed by atoms with Gasteiger partial charge in [-0.1, -0.05) is 36.4 Å². The molecular formula is C17H12INO2. The fourth-order valence-electron chi connectivity index (χ4n) is 1.83. The van der Waals surface area contributed by atoms with Crippen LogP contribution in [0.4, 0.5) is 0 Å². The van der Waals surface area contributed by atoms with Crippen LogP contribution in [-0.2, 0) is 0 Å². The number of carbonyl (C=O) groups is 1. The van der Waals surface area contributed by atoms with E-state index in [1.54, 1.807) is 37.5 Å². The standard InChI is InChI=1S/C17H12INO2/c1-21-16-8-7-12(10-15(16)18)9-14(11-19)17(20)13-5-3-2-4-6-13/h2-10H,1H3/b14-9+. The number of carbonyl (C=O) groups excluding carboxylic acids is 1. The number of hydrogen-bond acceptors (Lipinski definition) is 3. The van der Waals surface area contributed by atoms with Crippen LogP contribution in [0, 0.1) is 14.9 Å². The summed E-state index contributed by atoms with van der Waals surface area (Å²) in [5.74, 6) is 0.490. The van der Waals surface area contributed by atoms with Crippen molar-refractivity contribution in [3.63, 3.8) is 0 Å². The zero-order valence-electron chi connectivity index (χ0n) is 11.3. The van der Waals surface area contributed by atoms with Gasteiger partial charge in [-0.3, -0.25) is 4.79 Å². The van der Waals surface area contributed by atoms with Crippen LogP contribution >= 0.6 is 22.6 Å². The fraction of sp³-hybridized carbons (Fsp3) is 0.0588. The average Bonchev–Trinajstić information content (AvgIpc) is 2.53. The minimum Gasteiger partial charge on any atom is -0.496 e. The molecule has 0 radical (unpaired) electrons. The lowest BCUT2D eigenvalue weighted by molar-refractivity contribution is 0.104. The van der Waals surface area contributed by atoms with Crippen LogP contribution in [0.15, 0.2) is 54.1 Å². The Morgan fingerprint density at radius 3 is 2.52 bits per heavy atom. The number of hydrogen-bond donors (Lipinski definition) is 0. The zero-order chi connectivity index (χ0) is 15.2. The predicted molar refractivity (Wildman–Crippen MR) is 90.1 cm³/mol. The van der Waals surface area contributed by atoms with Gasteiger partial charge in [0.05, 0.1) is 10.7 Å². The van der Waals surface area contributed by atoms with Crippen molar-refractivity contribution in [2.75, 3.05) is 7.11 Å². The quantitative estimate of drug-likeness (QED) is 0.343. The molecule has 2 aromatic rings. The highest BCUT2D eigenvalue weighted by molar-refractivity contribution is 14.1. The molecule has 0 spiro atoms. The second-order valence-electron chi connectivity index (χ2n) is 4.26. The summed E-state index contributed by atoms with van der Waals surface area (Å²) in [7, 11) is 1.60. The second-order valence-corrected chi connectivity index (χ2v) is 5.42. The van der Waals surface area contributed by atoms with E-state index in [1.165, 1.54) is 0 Å². The number of benzene rings is 2. The molecule has 0 heterocycles. The Morgan fingerprint density at radius 1 is 1.24 bits per heavy atom. The Labute approximate surface area is 137 Å². The van der Waals surface area contributed by atoms with Gasteiger partial charge in [0.2, 0.25) is 5.78 Å². The summed E-state index contributed by atoms with van der Waals surface area (Å²) in [4.78, 5) is 12.3. The predicted octanol–water partition coefficient (Wildman–Crippen LogP) is 4.09. The van der Waals surface area contributed by atoms with Crippen molar-refractivity contribution in [2.45, 2.75) is 0 Å². The van der Waals surface area contributed by atoms with Crippen LogP contribution in [0.3, 0.4) is 0 Å². The Kier molecular flexibility index (Phi) is 5.12. The lowest BCUT2D eigenvalue weighted by atomic mass is 10.0. The average molecular weight is 389 g/mol. The maximum absolute atomic E-state index is 12.3. The highest BCUT2D eigenvalue weighted by Crippen LogP contribution is 2.23. The van der Waals surface area contributed by atoms with E-state index in [-0.39, 0.29) is 11.4 Å². The van der Waals surface area contributed by atoms with Gasteiger partial charge in [-0.2, -0.15) is 5.26 Å². The summed E-state index contributed by atoms with van der Waals surface area (Å²) >= 11 is 2.15. The first kappa shape index (κ1) is 15.3. The third kappa shape index (κ3) is 3.70. The largest absolute Gasteiger partial charge is 0.496 e. The molecule has 0 bridgehead atoms. The molecule has 2 rings (SSSR count). The van der Waals surface area contributed by atoms with Gasteiger partial charge < -0.3 is 4.74 Å². The molecule has 2 aromatic carbocycles. The second kappa shape index (κ2) is 7.04. The lowest BCUT2D eigenvalue weighted by Crippen LogP contribution is -2.01. The van der Waals surface area contributed by atoms with Crippen LogP contribution in [0.2, 0.25) is 0 Å². The molecule has 0 atom stereocenters. The number of ketones is 1. The van der Waals surface area contributed by atoms with Crippen LogP contribution in [-0.4, -0.2) is 12.9 Å². The van der Waals surface area contributed by atoms with Gasteiger partial charge in [-0.15, -0.1) is 0 Å². The van der Waals surface area contributed by atoms with E-state index in [9.17, 15) is 10.1 Å². The van der Waals surface area contributed by atoms with Crippen LogP contribution in [0.1, 0.15) is 15.9 Å². The van der Waals surface area contributed by atoms with Crippen molar-refractivity contribution in [2.24, 2.45) is 0 Å². The molecule has 0 saturated carbocycles. The Bertz CT molecular complexity index is 730. The zero-order valence-corrected chi connectivity index (χ0v) is 13.5. The van der Waals surface area contributed by atoms with Gasteiger partial charge in [0.1, 0.15) is 17.4 Å². The maximum Gasteiger partial charge on any atom is 0.203 e. The minimum atomic E-state index is -0.274. The van der Waals surface area contributed by atoms with Gasteiger partial charge in [0.25, 0.3) is 0 Å². The molecule has 0 aliphatic heterocycles. The van der Waals surface area contributed by atoms with E-state index >= 15 is 0 Å². The highest BCUT2D eigenvalue weighted by Gasteiger charge is 2.11. The number of methoxy groups -OCH3 is 1. The summed E-state index contributed by atoms with van der Waals surface area (Å²) in [6.45, 7) is 0. The van der Waals surface area contributed by atoms with E-state index in [0.717, 1.165) is 14.9 Å². The summed E-state index contributed by atoms with van der Waals surface area (Å²) in [5.41, 5.74) is 1.41. The van der Waals surface area contributed by atoms with E-state index in [0.29, 0.717) is 5.56 Å². The molecule has 0 aliphatic rings. The molecule has 0 fully saturated rings. The highest BCUT2D eigenvalue weighted by atomic mass is 127. The van der Waals surface area contributed by atoms with Crippen LogP contribution < -0.4 is 4.74 Å². The molecule has 4 heteroatoms. The topological polar surface area (TPSA) is 50.1 Å². The van der Waals surface area contributed by atoms with Gasteiger partial charge in [-0.25, -0.2) is 0 Å². The van der Waals surface area contributed by atoms with E-state index in [1.807, 2.05) is 30.3 Å². The molecule has 0 unspecified atom stereocenters. The van der Waals surface area contributed by atoms with Crippen LogP contribution in [0.5, 0.6) is 5.75 Å². The number of rotatable bonds is 4. The van der Waals surface area contributed by atoms with E-state index in [2.05, 4.69) is 22.6 Å². The van der Waals surface area contributed by atoms with Crippen molar-refractivity contribution < 1.29 is 9.53 Å². The summed E-state index contributed by atoms with van der Waals surface area (Å²) < 4.78 is 6.11. The molecule has 0 aliphatic carbocycles. The number of nitriles is 1. The monoisotopic (exact) mass is 389 g/mol. The van der Waals surface area contributed by atoms with Crippen LogP contribution in [0.25, 0.3) is 6.08 Å². The molecule has 0 N–H and O–H groups in total. The number of Topliss-reactive ketones (excluding diaryl/α,β-unsaturated/α-hetero) is 1. The first-order valence-corrected chi connectivity index (χ1v) is 7.28. The van der Waals surface area contributed by atoms with Gasteiger partial charge in [0, 0.05) is 5.56 Å². The van der Waals surface area contributed by atoms with Crippen molar-refractivity contribution >= 4 is 34.5 Å². The van der Waals surface area contributed by atoms with Crippen molar-refractivity contribution in [3.8, 4) is 11.8 Å². The molecular weight excluding hydrogens is 377 g/mol. The normalized spacial score (nSPS) is 10.8. The minimum absolute atomic E-state index is 0.113. The van der Waals surface area contributed by atoms with Crippen molar-refractivity contribution in [1.82, 2.24) is 0 Å². The maximum atomic E-state index is 12.3. The Balaban J connectivity index is 2.36. The number of halogens is 1. The fourth-order valence-corrected chi connectivity index (χ4v) is 2.59. The number of ether oxygens (including phenoxy) is 1. The molecule has 0 amide bonds. The first-order chi connectivity index (χ1) is 10.2. The summed E-state index contributed by atoms with van der Waals surface area (Å²) in [6.07, 6.45) is 1.59. The van der Waals surface area contributed by atoms with Gasteiger partial charge in [0.15, 0.2) is 0 Å². The van der Waals surface area contributed by atoms with Crippen molar-refractivity contribution in [1.29, 1.82) is 5.26 Å². The van der Waals surface area contributed by atoms with E-state index in [4.69, 9.17) is 4.74 Å². The molecule has 0 saturated heterocycles. The summed E-state index contributed by atoms with van der Waals surface area (Å²) in [6, 6.07) is 16.3. The van der Waals surface area contributed by atoms with E-state index < -0.39 is 0 Å². The SMILES string of the molecule is COc1ccc(/C=C(\C#N)C(=O)c2ccccc2)cc1I. The third-order valence-electron chi connectivity index (χ3n) is 2.89. The molecule has 3 nitrogen and oxygen atoms in total. The Hall–Kier alpha value is -2.13. The smallest absolute Gasteiger partial charge is 0.203 e. The Morgan fingerprint density at radius 2 is 1.95 bits per heavy atom. The third-order valence-corrected chi connectivity index (χ3v) is 3.73. The van der Waals surface area contributed by atoms with Gasteiger partial charge >= 0.3 is 0 Å². The number of nitrogens with zero attached hydrogens (tertiary/aromatic N) is 1.